The molecule has 78 heavy (non-hydrogen) atoms. The Morgan fingerprint density at radius 1 is 0.641 bits per heavy atom. The zero-order valence-electron chi connectivity index (χ0n) is 49.5. The van der Waals surface area contributed by atoms with E-state index in [0.29, 0.717) is 45.3 Å². The Labute approximate surface area is 485 Å². The first-order valence-corrected chi connectivity index (χ1v) is 30.5. The maximum Gasteiger partial charge on any atom is 0.347 e. The molecule has 0 saturated heterocycles. The fraction of sp³-hybridized carbons (Fsp3) is 0.827. The van der Waals surface area contributed by atoms with Crippen molar-refractivity contribution in [1.29, 1.82) is 5.34 Å². The van der Waals surface area contributed by atoms with Crippen LogP contribution in [0.1, 0.15) is 119 Å². The molecule has 14 rings (SSSR count). The van der Waals surface area contributed by atoms with Crippen LogP contribution in [0, 0.1) is 57.2 Å². The van der Waals surface area contributed by atoms with Crippen molar-refractivity contribution in [3.8, 4) is 0 Å². The molecule has 4 bridgehead atoms. The first-order chi connectivity index (χ1) is 38.6. The lowest BCUT2D eigenvalue weighted by molar-refractivity contribution is -0.228. The van der Waals surface area contributed by atoms with E-state index in [-0.39, 0.29) is 113 Å². The molecular weight excluding hydrogens is 1070 g/mol. The first kappa shape index (κ1) is 53.8. The number of aliphatic hydroxyl groups is 1. The van der Waals surface area contributed by atoms with Gasteiger partial charge in [0.2, 0.25) is 34.3 Å². The van der Waals surface area contributed by atoms with Crippen molar-refractivity contribution in [2.24, 2.45) is 71.3 Å². The molecule has 4 radical (unpaired) electrons. The summed E-state index contributed by atoms with van der Waals surface area (Å²) in [6.07, 6.45) is 17.0. The van der Waals surface area contributed by atoms with Crippen LogP contribution in [0.25, 0.3) is 0 Å². The number of fused-ring (bicyclic) bond motifs is 2. The summed E-state index contributed by atoms with van der Waals surface area (Å²) in [6.45, 7) is 10.1. The van der Waals surface area contributed by atoms with Gasteiger partial charge in [-0.05, 0) is 103 Å². The molecule has 0 aromatic carbocycles. The smallest absolute Gasteiger partial charge is 0.347 e. The van der Waals surface area contributed by atoms with Gasteiger partial charge in [-0.3, -0.25) is 4.79 Å². The van der Waals surface area contributed by atoms with Gasteiger partial charge >= 0.3 is 22.8 Å². The average Bonchev–Trinajstić information content (AvgIpc) is 3.13. The first-order valence-electron chi connectivity index (χ1n) is 29.6. The molecule has 18 nitrogen and oxygen atoms in total. The van der Waals surface area contributed by atoms with Crippen LogP contribution in [-0.4, -0.2) is 136 Å². The molecule has 8 aliphatic carbocycles. The van der Waals surface area contributed by atoms with Crippen LogP contribution in [0.5, 0.6) is 0 Å². The average molecular weight is 1160 g/mol. The van der Waals surface area contributed by atoms with Gasteiger partial charge in [-0.2, -0.15) is 0 Å². The molecule has 1 amide bonds. The maximum absolute atomic E-state index is 14.1. The molecule has 6 heterocycles. The molecule has 424 valence electrons. The summed E-state index contributed by atoms with van der Waals surface area (Å²) < 4.78 is 70.6. The Bertz CT molecular complexity index is 3090. The van der Waals surface area contributed by atoms with E-state index in [1.54, 1.807) is 51.8 Å². The van der Waals surface area contributed by atoms with Crippen molar-refractivity contribution in [1.82, 2.24) is 32.8 Å². The number of nitrogens with zero attached hydrogens (tertiary/aromatic N) is 7. The van der Waals surface area contributed by atoms with Crippen LogP contribution in [0.2, 0.25) is 0 Å². The Kier molecular flexibility index (Phi) is 14.2. The summed E-state index contributed by atoms with van der Waals surface area (Å²) in [5.41, 5.74) is -5.92. The highest BCUT2D eigenvalue weighted by atomic mass is 32.2. The topological polar surface area (TPSA) is 185 Å². The summed E-state index contributed by atoms with van der Waals surface area (Å²) in [7, 11) is 11.2. The second kappa shape index (κ2) is 20.6. The highest BCUT2D eigenvalue weighted by Gasteiger charge is 2.79. The second-order valence-corrected chi connectivity index (χ2v) is 26.9. The van der Waals surface area contributed by atoms with E-state index in [1.807, 2.05) is 0 Å². The van der Waals surface area contributed by atoms with Crippen molar-refractivity contribution in [3.05, 3.63) is 66.2 Å². The maximum atomic E-state index is 14.1. The van der Waals surface area contributed by atoms with E-state index in [4.69, 9.17) is 26.8 Å². The van der Waals surface area contributed by atoms with Gasteiger partial charge in [0.25, 0.3) is 0 Å². The Hall–Kier alpha value is -2.15. The Morgan fingerprint density at radius 2 is 1.06 bits per heavy atom. The summed E-state index contributed by atoms with van der Waals surface area (Å²) in [4.78, 5) is 69.7. The molecule has 12 aliphatic rings. The van der Waals surface area contributed by atoms with Crippen LogP contribution in [0.15, 0.2) is 43.5 Å². The van der Waals surface area contributed by atoms with Crippen LogP contribution in [0.3, 0.4) is 0 Å². The lowest BCUT2D eigenvalue weighted by Crippen LogP contribution is -2.79. The van der Waals surface area contributed by atoms with Gasteiger partial charge in [-0.25, -0.2) is 47.0 Å². The van der Waals surface area contributed by atoms with Gasteiger partial charge in [0.15, 0.2) is 0 Å². The molecule has 2 aromatic rings. The van der Waals surface area contributed by atoms with Crippen molar-refractivity contribution < 1.29 is 31.4 Å². The molecule has 18 atom stereocenters. The fourth-order valence-corrected chi connectivity index (χ4v) is 21.0. The van der Waals surface area contributed by atoms with E-state index in [2.05, 4.69) is 52.0 Å². The molecule has 4 aliphatic heterocycles. The number of ether oxygens (including phenoxy) is 1. The third-order valence-corrected chi connectivity index (χ3v) is 24.6. The molecule has 6 fully saturated rings. The number of aliphatic hydroxyl groups excluding tert-OH is 1. The number of hydrogen-bond donors (Lipinski definition) is 1. The van der Waals surface area contributed by atoms with Crippen LogP contribution in [0.4, 0.5) is 0 Å². The number of aromatic nitrogens is 6. The molecule has 4 unspecified atom stereocenters. The normalized spacial score (nSPS) is 43.9. The summed E-state index contributed by atoms with van der Waals surface area (Å²) >= 11 is 3.89. The van der Waals surface area contributed by atoms with Gasteiger partial charge in [-0.15, -0.1) is 0 Å². The molecule has 6 saturated carbocycles. The lowest BCUT2D eigenvalue weighted by Gasteiger charge is -2.72. The van der Waals surface area contributed by atoms with Crippen molar-refractivity contribution >= 4 is 81.8 Å². The van der Waals surface area contributed by atoms with Crippen molar-refractivity contribution in [2.75, 3.05) is 33.9 Å². The summed E-state index contributed by atoms with van der Waals surface area (Å²) in [5, 5.41) is 10.3. The monoisotopic (exact) mass is 1160 g/mol. The quantitative estimate of drug-likeness (QED) is 0.0988. The largest absolute Gasteiger partial charge is 0.396 e. The fourth-order valence-electron chi connectivity index (χ4n) is 19.5. The highest BCUT2D eigenvalue weighted by molar-refractivity contribution is 8.16. The zero-order valence-corrected chi connectivity index (χ0v) is 48.8. The van der Waals surface area contributed by atoms with Crippen LogP contribution >= 0.6 is 47.6 Å². The third-order valence-electron chi connectivity index (χ3n) is 23.2. The van der Waals surface area contributed by atoms with E-state index >= 15 is 0 Å². The predicted octanol–water partition coefficient (Wildman–Crippen LogP) is 3.65. The van der Waals surface area contributed by atoms with Gasteiger partial charge in [0, 0.05) is 77.9 Å². The molecule has 2 aromatic heterocycles. The minimum Gasteiger partial charge on any atom is -0.396 e. The van der Waals surface area contributed by atoms with Gasteiger partial charge < -0.3 is 31.5 Å². The second-order valence-electron chi connectivity index (χ2n) is 25.4. The zero-order chi connectivity index (χ0) is 58.0. The van der Waals surface area contributed by atoms with Crippen molar-refractivity contribution in [3.63, 3.8) is 0 Å². The number of allylic oxidation sites excluding steroid dienone is 4. The van der Waals surface area contributed by atoms with Gasteiger partial charge in [0.1, 0.15) is 0 Å². The van der Waals surface area contributed by atoms with Crippen LogP contribution < -0.4 is 22.8 Å². The number of hydrogen-bond acceptors (Lipinski definition) is 15. The molecule has 4 spiro atoms. The number of carbonyl (C=O) groups excluding carboxylic acids is 1. The Balaban J connectivity index is 0.000000184. The van der Waals surface area contributed by atoms with E-state index in [9.17, 15) is 29.1 Å². The van der Waals surface area contributed by atoms with E-state index < -0.39 is 33.0 Å². The van der Waals surface area contributed by atoms with E-state index in [1.165, 1.54) is 23.3 Å². The Morgan fingerprint density at radius 3 is 1.50 bits per heavy atom. The number of rotatable bonds is 18. The highest BCUT2D eigenvalue weighted by Crippen LogP contribution is 2.76. The standard InChI is InChI=1S/C28H42B2N4O6S2.C23H33B2N3O5S2.CH4/c1-25-10-8-20-26(2)21(40-42-30)14-18(39-41-29)15-27(26)11-12-28(20,34-24(37)32(5)23(36)33(27)34)19(25)7-6-17(25)16-38-13-9-22(35)31(3)4;1-20-7-6-16-21(2)17(33-35-25)10-14(32-34-24)11-22(21)8-9-23(16,15(20)5-4-13(20)12-29)28-19(31)26(3)18(30)27(22)28;/h11-12,17-21,29-30H,6-10,13-16H2,1-5H3;8-9,13-17,24-25,29H,4-7,10-12H2,1-3H3;1H4/t17-,18+,19?,20?,21+,25-,26+,27-,28+;13-,14+,15?,16?,17+,20-,21+,22-,23+;/m11./s1/i29T,30T;24T,25T;. The minimum absolute atomic E-state index is 0. The summed E-state index contributed by atoms with van der Waals surface area (Å²) in [5.74, 6) is 0.657. The molecule has 26 heteroatoms. The number of carbonyl (C=O) groups is 1. The SMILES string of the molecule is C.[3H][B]SO[C@H]1C[C@H](OS[B][3H])[C@]2(C)C3CC[C@@]4(C)C(CC[C@@H]4CO)[C@@]34C=C[C@]2(C1)n1c(=O)n(C)c(=O)n14.[3H][B]SO[C@H]1C[C@H](OS[B][3H])[C@]2(C)C3CC[C@@]4(C)C(CC[C@@H]4COCCC(=O)N(C)C)[C@@]34C=C[C@]2(C1)n1c(=O)n(C)c(=O)n14. The predicted molar refractivity (Wildman–Crippen MR) is 313 cm³/mol. The molecule has 1 N–H and O–H groups in total. The van der Waals surface area contributed by atoms with E-state index in [0.717, 1.165) is 113 Å². The minimum atomic E-state index is -0.885. The lowest BCUT2D eigenvalue weighted by atomic mass is 9.40. The number of amides is 1. The van der Waals surface area contributed by atoms with Crippen molar-refractivity contribution in [2.45, 2.75) is 165 Å². The van der Waals surface area contributed by atoms with Crippen LogP contribution in [-0.2, 0) is 62.5 Å². The van der Waals surface area contributed by atoms with Gasteiger partial charge in [0.05, 0.1) is 59.6 Å². The third kappa shape index (κ3) is 7.35. The van der Waals surface area contributed by atoms with Gasteiger partial charge in [-0.1, -0.05) is 107 Å². The molecular formula is C52H79B4N7O11S4. The summed E-state index contributed by atoms with van der Waals surface area (Å²) in [6, 6.07) is 0.